The number of aromatic carboxylic acids is 1. The summed E-state index contributed by atoms with van der Waals surface area (Å²) in [5.74, 6) is -2.33. The minimum Gasteiger partial charge on any atom is -0.478 e. The molecule has 1 aromatic rings. The number of aromatic nitrogens is 2. The summed E-state index contributed by atoms with van der Waals surface area (Å²) in [6.07, 6.45) is -3.13. The van der Waals surface area contributed by atoms with E-state index in [0.29, 0.717) is 12.8 Å². The topological polar surface area (TPSA) is 81.4 Å². The maximum atomic E-state index is 13.4. The Morgan fingerprint density at radius 2 is 2.12 bits per heavy atom. The molecule has 0 radical (unpaired) electrons. The Balaban J connectivity index is 2.33. The number of nitrogens with zero attached hydrogens (tertiary/aromatic N) is 2. The lowest BCUT2D eigenvalue weighted by atomic mass is 9.69. The fraction of sp³-hybridized carbons (Fsp3) is 0.688. The second kappa shape index (κ2) is 6.68. The van der Waals surface area contributed by atoms with E-state index in [1.165, 1.54) is 0 Å². The molecule has 1 N–H and O–H groups in total. The zero-order valence-electron chi connectivity index (χ0n) is 14.3. The van der Waals surface area contributed by atoms with Gasteiger partial charge in [-0.25, -0.2) is 4.79 Å². The van der Waals surface area contributed by atoms with Crippen LogP contribution in [0.3, 0.4) is 0 Å². The summed E-state index contributed by atoms with van der Waals surface area (Å²) in [5.41, 5.74) is -2.87. The van der Waals surface area contributed by atoms with Crippen LogP contribution in [-0.4, -0.2) is 33.4 Å². The number of carbonyl (C=O) groups is 2. The monoisotopic (exact) mass is 362 g/mol. The molecule has 1 fully saturated rings. The molecule has 1 aliphatic carbocycles. The van der Waals surface area contributed by atoms with Gasteiger partial charge in [-0.05, 0) is 39.0 Å². The third-order valence-corrected chi connectivity index (χ3v) is 4.80. The molecule has 2 rings (SSSR count). The Kier molecular flexibility index (Phi) is 5.15. The second-order valence-electron chi connectivity index (χ2n) is 6.72. The predicted molar refractivity (Wildman–Crippen MR) is 81.0 cm³/mol. The van der Waals surface area contributed by atoms with Gasteiger partial charge in [0.05, 0.1) is 24.3 Å². The van der Waals surface area contributed by atoms with Gasteiger partial charge in [-0.15, -0.1) is 0 Å². The van der Waals surface area contributed by atoms with Crippen LogP contribution in [0.15, 0.2) is 6.20 Å². The lowest BCUT2D eigenvalue weighted by Gasteiger charge is -2.40. The van der Waals surface area contributed by atoms with Crippen LogP contribution in [0.1, 0.15) is 62.1 Å². The average molecular weight is 362 g/mol. The van der Waals surface area contributed by atoms with Gasteiger partial charge in [-0.3, -0.25) is 9.48 Å². The molecule has 1 aromatic heterocycles. The highest BCUT2D eigenvalue weighted by Crippen LogP contribution is 2.46. The number of rotatable bonds is 4. The minimum atomic E-state index is -4.83. The molecule has 1 saturated carbocycles. The van der Waals surface area contributed by atoms with Gasteiger partial charge in [0.1, 0.15) is 5.56 Å². The first-order valence-electron chi connectivity index (χ1n) is 8.06. The van der Waals surface area contributed by atoms with Gasteiger partial charge in [-0.1, -0.05) is 6.92 Å². The van der Waals surface area contributed by atoms with Gasteiger partial charge >= 0.3 is 18.1 Å². The Bertz CT molecular complexity index is 671. The fourth-order valence-corrected chi connectivity index (χ4v) is 3.61. The Morgan fingerprint density at radius 1 is 1.48 bits per heavy atom. The number of esters is 1. The second-order valence-corrected chi connectivity index (χ2v) is 6.72. The van der Waals surface area contributed by atoms with Crippen molar-refractivity contribution in [2.75, 3.05) is 6.61 Å². The zero-order valence-corrected chi connectivity index (χ0v) is 14.3. The zero-order chi connectivity index (χ0) is 19.0. The lowest BCUT2D eigenvalue weighted by Crippen LogP contribution is -2.39. The van der Waals surface area contributed by atoms with Crippen molar-refractivity contribution in [2.24, 2.45) is 11.3 Å². The summed E-state index contributed by atoms with van der Waals surface area (Å²) >= 11 is 0. The van der Waals surface area contributed by atoms with Crippen LogP contribution < -0.4 is 0 Å². The molecule has 3 atom stereocenters. The van der Waals surface area contributed by atoms with Crippen molar-refractivity contribution in [1.29, 1.82) is 0 Å². The van der Waals surface area contributed by atoms with E-state index < -0.39 is 34.9 Å². The molecule has 0 spiro atoms. The molecule has 0 amide bonds. The maximum Gasteiger partial charge on any atom is 0.433 e. The number of hydrogen-bond donors (Lipinski definition) is 1. The molecule has 0 aromatic carbocycles. The van der Waals surface area contributed by atoms with Gasteiger partial charge in [0, 0.05) is 0 Å². The van der Waals surface area contributed by atoms with Crippen molar-refractivity contribution in [3.8, 4) is 0 Å². The molecular formula is C16H21F3N2O4. The molecule has 25 heavy (non-hydrogen) atoms. The molecule has 9 heteroatoms. The van der Waals surface area contributed by atoms with Crippen LogP contribution in [0.5, 0.6) is 0 Å². The first kappa shape index (κ1) is 19.3. The molecule has 0 bridgehead atoms. The van der Waals surface area contributed by atoms with E-state index in [0.717, 1.165) is 10.9 Å². The standard InChI is InChI=1S/C16H21F3N2O4/c1-4-25-14(24)15(3)6-5-11(9(2)7-15)21-12(16(17,18)19)10(8-20-21)13(22)23/h8-9,11H,4-7H2,1-3H3,(H,22,23)/t9-,11-,15-/m1/s1. The quantitative estimate of drug-likeness (QED) is 0.829. The Morgan fingerprint density at radius 3 is 2.60 bits per heavy atom. The number of halogens is 3. The smallest absolute Gasteiger partial charge is 0.433 e. The van der Waals surface area contributed by atoms with E-state index in [1.807, 2.05) is 0 Å². The van der Waals surface area contributed by atoms with E-state index in [4.69, 9.17) is 9.84 Å². The van der Waals surface area contributed by atoms with E-state index in [2.05, 4.69) is 5.10 Å². The van der Waals surface area contributed by atoms with E-state index in [9.17, 15) is 22.8 Å². The predicted octanol–water partition coefficient (Wildman–Crippen LogP) is 3.53. The molecule has 0 unspecified atom stereocenters. The van der Waals surface area contributed by atoms with Crippen molar-refractivity contribution < 1.29 is 32.6 Å². The Labute approximate surface area is 143 Å². The van der Waals surface area contributed by atoms with Gasteiger partial charge in [-0.2, -0.15) is 18.3 Å². The number of carboxylic acid groups (broad SMARTS) is 1. The SMILES string of the molecule is CCOC(=O)[C@]1(C)CC[C@@H](n2ncc(C(=O)O)c2C(F)(F)F)[C@H](C)C1. The normalized spacial score (nSPS) is 27.1. The molecular weight excluding hydrogens is 341 g/mol. The molecule has 0 saturated heterocycles. The van der Waals surface area contributed by atoms with E-state index in [1.54, 1.807) is 20.8 Å². The van der Waals surface area contributed by atoms with Crippen LogP contribution in [0.4, 0.5) is 13.2 Å². The van der Waals surface area contributed by atoms with Crippen LogP contribution in [0.25, 0.3) is 0 Å². The van der Waals surface area contributed by atoms with E-state index in [-0.39, 0.29) is 24.9 Å². The summed E-state index contributed by atoms with van der Waals surface area (Å²) in [7, 11) is 0. The fourth-order valence-electron chi connectivity index (χ4n) is 3.61. The maximum absolute atomic E-state index is 13.4. The number of ether oxygens (including phenoxy) is 1. The number of carbonyl (C=O) groups excluding carboxylic acids is 1. The molecule has 6 nitrogen and oxygen atoms in total. The lowest BCUT2D eigenvalue weighted by molar-refractivity contribution is -0.159. The number of carboxylic acids is 1. The van der Waals surface area contributed by atoms with Gasteiger partial charge in [0.25, 0.3) is 0 Å². The number of hydrogen-bond acceptors (Lipinski definition) is 4. The first-order valence-corrected chi connectivity index (χ1v) is 8.06. The van der Waals surface area contributed by atoms with Crippen molar-refractivity contribution in [3.05, 3.63) is 17.5 Å². The van der Waals surface area contributed by atoms with Crippen LogP contribution in [-0.2, 0) is 15.7 Å². The summed E-state index contributed by atoms with van der Waals surface area (Å²) in [4.78, 5) is 23.2. The molecule has 0 aliphatic heterocycles. The van der Waals surface area contributed by atoms with Crippen molar-refractivity contribution in [3.63, 3.8) is 0 Å². The molecule has 1 aliphatic rings. The third-order valence-electron chi connectivity index (χ3n) is 4.80. The highest BCUT2D eigenvalue weighted by Gasteiger charge is 2.47. The molecule has 1 heterocycles. The highest BCUT2D eigenvalue weighted by atomic mass is 19.4. The highest BCUT2D eigenvalue weighted by molar-refractivity contribution is 5.88. The minimum absolute atomic E-state index is 0.242. The summed E-state index contributed by atoms with van der Waals surface area (Å²) in [6.45, 7) is 5.42. The summed E-state index contributed by atoms with van der Waals surface area (Å²) < 4.78 is 45.9. The van der Waals surface area contributed by atoms with Gasteiger partial charge in [0.15, 0.2) is 5.69 Å². The first-order chi connectivity index (χ1) is 11.5. The van der Waals surface area contributed by atoms with E-state index >= 15 is 0 Å². The summed E-state index contributed by atoms with van der Waals surface area (Å²) in [5, 5.41) is 12.7. The van der Waals surface area contributed by atoms with Crippen LogP contribution in [0.2, 0.25) is 0 Å². The number of alkyl halides is 3. The van der Waals surface area contributed by atoms with Gasteiger partial charge < -0.3 is 9.84 Å². The van der Waals surface area contributed by atoms with Gasteiger partial charge in [0.2, 0.25) is 0 Å². The van der Waals surface area contributed by atoms with Crippen LogP contribution in [0, 0.1) is 11.3 Å². The molecule has 140 valence electrons. The largest absolute Gasteiger partial charge is 0.478 e. The third kappa shape index (κ3) is 3.64. The average Bonchev–Trinajstić information content (AvgIpc) is 2.92. The van der Waals surface area contributed by atoms with Crippen molar-refractivity contribution >= 4 is 11.9 Å². The summed E-state index contributed by atoms with van der Waals surface area (Å²) in [6, 6.07) is -0.632. The Hall–Kier alpha value is -2.06. The van der Waals surface area contributed by atoms with Crippen molar-refractivity contribution in [1.82, 2.24) is 9.78 Å². The van der Waals surface area contributed by atoms with Crippen LogP contribution >= 0.6 is 0 Å². The van der Waals surface area contributed by atoms with Crippen molar-refractivity contribution in [2.45, 2.75) is 52.3 Å².